The van der Waals surface area contributed by atoms with Gasteiger partial charge in [-0.15, -0.1) is 0 Å². The topological polar surface area (TPSA) is 64.3 Å². The summed E-state index contributed by atoms with van der Waals surface area (Å²) in [5, 5.41) is 18.5. The Kier molecular flexibility index (Phi) is 4.06. The van der Waals surface area contributed by atoms with Crippen LogP contribution < -0.4 is 0 Å². The van der Waals surface area contributed by atoms with Crippen molar-refractivity contribution in [3.05, 3.63) is 35.9 Å². The standard InChI is InChI=1S/C15H18N2O2/c16-10-9-15(12-13-6-2-1-3-7-13)8-4-5-11-17(15)14(18)19/h1-3,6-7H,4-5,8-9,11-12H2,(H,18,19)/t15-/m0/s1. The predicted molar refractivity (Wildman–Crippen MR) is 71.7 cm³/mol. The van der Waals surface area contributed by atoms with E-state index in [2.05, 4.69) is 6.07 Å². The van der Waals surface area contributed by atoms with Crippen LogP contribution in [-0.4, -0.2) is 28.2 Å². The molecule has 1 aliphatic rings. The van der Waals surface area contributed by atoms with Crippen LogP contribution in [-0.2, 0) is 6.42 Å². The van der Waals surface area contributed by atoms with Crippen molar-refractivity contribution in [2.24, 2.45) is 0 Å². The minimum Gasteiger partial charge on any atom is -0.465 e. The molecule has 0 bridgehead atoms. The molecular weight excluding hydrogens is 240 g/mol. The van der Waals surface area contributed by atoms with Crippen molar-refractivity contribution in [2.45, 2.75) is 37.6 Å². The van der Waals surface area contributed by atoms with Crippen LogP contribution in [0.4, 0.5) is 4.79 Å². The molecule has 0 spiro atoms. The highest BCUT2D eigenvalue weighted by atomic mass is 16.4. The van der Waals surface area contributed by atoms with Crippen molar-refractivity contribution in [1.82, 2.24) is 4.90 Å². The number of hydrogen-bond donors (Lipinski definition) is 1. The van der Waals surface area contributed by atoms with Gasteiger partial charge in [0.1, 0.15) is 0 Å². The fourth-order valence-electron chi connectivity index (χ4n) is 2.95. The van der Waals surface area contributed by atoms with Gasteiger partial charge >= 0.3 is 6.09 Å². The Morgan fingerprint density at radius 1 is 1.37 bits per heavy atom. The Morgan fingerprint density at radius 3 is 2.74 bits per heavy atom. The van der Waals surface area contributed by atoms with E-state index in [0.29, 0.717) is 13.0 Å². The molecule has 2 rings (SSSR count). The van der Waals surface area contributed by atoms with Crippen LogP contribution in [0.3, 0.4) is 0 Å². The average Bonchev–Trinajstić information content (AvgIpc) is 2.40. The zero-order chi connectivity index (χ0) is 13.7. The highest BCUT2D eigenvalue weighted by Gasteiger charge is 2.41. The lowest BCUT2D eigenvalue weighted by Gasteiger charge is -2.44. The van der Waals surface area contributed by atoms with E-state index in [4.69, 9.17) is 5.26 Å². The number of piperidine rings is 1. The van der Waals surface area contributed by atoms with Crippen LogP contribution in [0.5, 0.6) is 0 Å². The summed E-state index contributed by atoms with van der Waals surface area (Å²) in [6.45, 7) is 0.532. The number of hydrogen-bond acceptors (Lipinski definition) is 2. The molecule has 1 amide bonds. The zero-order valence-corrected chi connectivity index (χ0v) is 10.9. The fraction of sp³-hybridized carbons (Fsp3) is 0.467. The van der Waals surface area contributed by atoms with Gasteiger partial charge in [0.05, 0.1) is 18.0 Å². The third-order valence-corrected chi connectivity index (χ3v) is 3.86. The Bertz CT molecular complexity index is 481. The van der Waals surface area contributed by atoms with Crippen molar-refractivity contribution >= 4 is 6.09 Å². The van der Waals surface area contributed by atoms with Crippen LogP contribution >= 0.6 is 0 Å². The van der Waals surface area contributed by atoms with Crippen LogP contribution in [0.25, 0.3) is 0 Å². The molecule has 0 aliphatic carbocycles. The SMILES string of the molecule is N#CC[C@]1(Cc2ccccc2)CCCCN1C(=O)O. The fourth-order valence-corrected chi connectivity index (χ4v) is 2.95. The number of rotatable bonds is 3. The second-order valence-electron chi connectivity index (χ2n) is 5.11. The molecule has 100 valence electrons. The summed E-state index contributed by atoms with van der Waals surface area (Å²) in [5.74, 6) is 0. The van der Waals surface area contributed by atoms with Gasteiger partial charge in [-0.25, -0.2) is 4.79 Å². The third kappa shape index (κ3) is 2.87. The van der Waals surface area contributed by atoms with Crippen molar-refractivity contribution in [2.75, 3.05) is 6.54 Å². The van der Waals surface area contributed by atoms with Gasteiger partial charge in [0.2, 0.25) is 0 Å². The molecule has 19 heavy (non-hydrogen) atoms. The third-order valence-electron chi connectivity index (χ3n) is 3.86. The Balaban J connectivity index is 2.30. The quantitative estimate of drug-likeness (QED) is 0.906. The minimum atomic E-state index is -0.911. The molecule has 1 aromatic rings. The Morgan fingerprint density at radius 2 is 2.11 bits per heavy atom. The number of likely N-dealkylation sites (tertiary alicyclic amines) is 1. The van der Waals surface area contributed by atoms with E-state index in [0.717, 1.165) is 24.8 Å². The van der Waals surface area contributed by atoms with E-state index in [1.54, 1.807) is 0 Å². The van der Waals surface area contributed by atoms with Crippen LogP contribution in [0.1, 0.15) is 31.2 Å². The van der Waals surface area contributed by atoms with Crippen LogP contribution in [0, 0.1) is 11.3 Å². The Hall–Kier alpha value is -2.02. The molecule has 0 unspecified atom stereocenters. The molecule has 4 nitrogen and oxygen atoms in total. The molecule has 1 N–H and O–H groups in total. The number of nitriles is 1. The van der Waals surface area contributed by atoms with Gasteiger partial charge < -0.3 is 10.0 Å². The summed E-state index contributed by atoms with van der Waals surface area (Å²) in [4.78, 5) is 12.9. The number of carbonyl (C=O) groups is 1. The molecule has 1 fully saturated rings. The molecular formula is C15H18N2O2. The summed E-state index contributed by atoms with van der Waals surface area (Å²) in [7, 11) is 0. The van der Waals surface area contributed by atoms with Gasteiger partial charge in [-0.05, 0) is 31.2 Å². The largest absolute Gasteiger partial charge is 0.465 e. The van der Waals surface area contributed by atoms with Gasteiger partial charge in [-0.3, -0.25) is 0 Å². The first-order valence-electron chi connectivity index (χ1n) is 6.59. The lowest BCUT2D eigenvalue weighted by molar-refractivity contribution is 0.0492. The maximum Gasteiger partial charge on any atom is 0.407 e. The van der Waals surface area contributed by atoms with Crippen LogP contribution in [0.2, 0.25) is 0 Å². The molecule has 0 saturated carbocycles. The summed E-state index contributed by atoms with van der Waals surface area (Å²) in [6, 6.07) is 12.0. The normalized spacial score (nSPS) is 22.8. The molecule has 0 aromatic heterocycles. The van der Waals surface area contributed by atoms with Crippen molar-refractivity contribution in [1.29, 1.82) is 5.26 Å². The van der Waals surface area contributed by atoms with E-state index < -0.39 is 11.6 Å². The summed E-state index contributed by atoms with van der Waals surface area (Å²) >= 11 is 0. The maximum absolute atomic E-state index is 11.5. The minimum absolute atomic E-state index is 0.258. The first-order valence-corrected chi connectivity index (χ1v) is 6.59. The molecule has 1 aromatic carbocycles. The van der Waals surface area contributed by atoms with E-state index >= 15 is 0 Å². The van der Waals surface area contributed by atoms with Gasteiger partial charge in [0.15, 0.2) is 0 Å². The molecule has 4 heteroatoms. The second kappa shape index (κ2) is 5.75. The molecule has 1 aliphatic heterocycles. The Labute approximate surface area is 113 Å². The van der Waals surface area contributed by atoms with Gasteiger partial charge in [-0.2, -0.15) is 5.26 Å². The van der Waals surface area contributed by atoms with Crippen molar-refractivity contribution in [3.63, 3.8) is 0 Å². The second-order valence-corrected chi connectivity index (χ2v) is 5.11. The van der Waals surface area contributed by atoms with E-state index in [9.17, 15) is 9.90 Å². The van der Waals surface area contributed by atoms with Crippen molar-refractivity contribution in [3.8, 4) is 6.07 Å². The highest BCUT2D eigenvalue weighted by molar-refractivity contribution is 5.66. The van der Waals surface area contributed by atoms with Gasteiger partial charge in [-0.1, -0.05) is 30.3 Å². The number of benzene rings is 1. The monoisotopic (exact) mass is 258 g/mol. The number of nitrogens with zero attached hydrogens (tertiary/aromatic N) is 2. The number of carboxylic acid groups (broad SMARTS) is 1. The molecule has 1 saturated heterocycles. The van der Waals surface area contributed by atoms with Gasteiger partial charge in [0.25, 0.3) is 0 Å². The first kappa shape index (κ1) is 13.4. The first-order chi connectivity index (χ1) is 9.18. The lowest BCUT2D eigenvalue weighted by Crippen LogP contribution is -2.55. The van der Waals surface area contributed by atoms with Crippen molar-refractivity contribution < 1.29 is 9.90 Å². The maximum atomic E-state index is 11.5. The summed E-state index contributed by atoms with van der Waals surface area (Å²) in [5.41, 5.74) is 0.533. The smallest absolute Gasteiger partial charge is 0.407 e. The number of amides is 1. The van der Waals surface area contributed by atoms with E-state index in [1.807, 2.05) is 30.3 Å². The predicted octanol–water partition coefficient (Wildman–Crippen LogP) is 3.05. The highest BCUT2D eigenvalue weighted by Crippen LogP contribution is 2.34. The summed E-state index contributed by atoms with van der Waals surface area (Å²) in [6.07, 6.45) is 2.60. The van der Waals surface area contributed by atoms with E-state index in [1.165, 1.54) is 4.90 Å². The molecule has 1 atom stereocenters. The molecule has 0 radical (unpaired) electrons. The van der Waals surface area contributed by atoms with E-state index in [-0.39, 0.29) is 6.42 Å². The summed E-state index contributed by atoms with van der Waals surface area (Å²) < 4.78 is 0. The molecule has 1 heterocycles. The average molecular weight is 258 g/mol. The lowest BCUT2D eigenvalue weighted by atomic mass is 9.79. The van der Waals surface area contributed by atoms with Gasteiger partial charge in [0, 0.05) is 6.54 Å². The zero-order valence-electron chi connectivity index (χ0n) is 10.9. The van der Waals surface area contributed by atoms with Crippen LogP contribution in [0.15, 0.2) is 30.3 Å².